The number of nitrogens with zero attached hydrogens (tertiary/aromatic N) is 3. The second kappa shape index (κ2) is 5.14. The van der Waals surface area contributed by atoms with Gasteiger partial charge < -0.3 is 13.6 Å². The third-order valence-electron chi connectivity index (χ3n) is 3.21. The monoisotopic (exact) mass is 303 g/mol. The van der Waals surface area contributed by atoms with Crippen LogP contribution in [0, 0.1) is 6.92 Å². The molecule has 0 radical (unpaired) electrons. The Labute approximate surface area is 124 Å². The van der Waals surface area contributed by atoms with Gasteiger partial charge in [0.15, 0.2) is 11.7 Å². The van der Waals surface area contributed by atoms with Gasteiger partial charge in [0.05, 0.1) is 5.52 Å². The maximum Gasteiger partial charge on any atom is 0.419 e. The Kier molecular flexibility index (Phi) is 3.28. The number of hydrogen-bond acceptors (Lipinski definition) is 7. The van der Waals surface area contributed by atoms with Crippen LogP contribution in [-0.2, 0) is 11.8 Å². The Hall–Kier alpha value is -2.90. The highest BCUT2D eigenvalue weighted by molar-refractivity contribution is 6.01. The summed E-state index contributed by atoms with van der Waals surface area (Å²) in [4.78, 5) is 23.9. The molecule has 0 aliphatic rings. The maximum absolute atomic E-state index is 12.3. The van der Waals surface area contributed by atoms with Crippen molar-refractivity contribution < 1.29 is 18.4 Å². The molecular formula is C14H13N3O5. The van der Waals surface area contributed by atoms with Crippen LogP contribution in [-0.4, -0.2) is 20.7 Å². The topological polar surface area (TPSA) is 100 Å². The van der Waals surface area contributed by atoms with Crippen molar-refractivity contribution >= 4 is 17.1 Å². The van der Waals surface area contributed by atoms with Crippen molar-refractivity contribution in [1.82, 2.24) is 14.8 Å². The number of carbonyl (C=O) groups is 1. The molecule has 2 aromatic heterocycles. The Morgan fingerprint density at radius 2 is 2.09 bits per heavy atom. The van der Waals surface area contributed by atoms with Crippen LogP contribution in [0.2, 0.25) is 0 Å². The second-order valence-corrected chi connectivity index (χ2v) is 4.79. The number of aryl methyl sites for hydroxylation is 2. The summed E-state index contributed by atoms with van der Waals surface area (Å²) >= 11 is 0. The zero-order valence-electron chi connectivity index (χ0n) is 12.2. The Morgan fingerprint density at radius 3 is 2.77 bits per heavy atom. The predicted octanol–water partition coefficient (Wildman–Crippen LogP) is 1.74. The van der Waals surface area contributed by atoms with Crippen LogP contribution in [0.4, 0.5) is 0 Å². The highest BCUT2D eigenvalue weighted by atomic mass is 16.6. The summed E-state index contributed by atoms with van der Waals surface area (Å²) in [6.45, 7) is 3.26. The van der Waals surface area contributed by atoms with Gasteiger partial charge in [-0.05, 0) is 19.1 Å². The summed E-state index contributed by atoms with van der Waals surface area (Å²) in [5.41, 5.74) is 0.868. The molecule has 0 N–H and O–H groups in total. The first-order chi connectivity index (χ1) is 10.5. The molecule has 0 saturated heterocycles. The molecule has 0 amide bonds. The van der Waals surface area contributed by atoms with Gasteiger partial charge in [0.2, 0.25) is 5.89 Å². The number of para-hydroxylation sites is 1. The van der Waals surface area contributed by atoms with Gasteiger partial charge in [-0.2, -0.15) is 0 Å². The van der Waals surface area contributed by atoms with Crippen molar-refractivity contribution in [3.05, 3.63) is 46.1 Å². The molecule has 0 aliphatic heterocycles. The largest absolute Gasteiger partial charge is 0.449 e. The fourth-order valence-corrected chi connectivity index (χ4v) is 2.06. The normalized spacial score (nSPS) is 12.5. The predicted molar refractivity (Wildman–Crippen MR) is 74.3 cm³/mol. The first-order valence-electron chi connectivity index (χ1n) is 6.57. The summed E-state index contributed by atoms with van der Waals surface area (Å²) in [6, 6.07) is 4.86. The molecular weight excluding hydrogens is 290 g/mol. The highest BCUT2D eigenvalue weighted by Crippen LogP contribution is 2.22. The average Bonchev–Trinajstić information content (AvgIpc) is 3.04. The van der Waals surface area contributed by atoms with Crippen molar-refractivity contribution in [3.63, 3.8) is 0 Å². The van der Waals surface area contributed by atoms with Gasteiger partial charge in [-0.1, -0.05) is 6.07 Å². The molecule has 1 atom stereocenters. The van der Waals surface area contributed by atoms with Crippen molar-refractivity contribution in [2.24, 2.45) is 7.05 Å². The number of benzene rings is 1. The number of esters is 1. The van der Waals surface area contributed by atoms with Crippen LogP contribution in [0.25, 0.3) is 11.1 Å². The maximum atomic E-state index is 12.3. The lowest BCUT2D eigenvalue weighted by atomic mass is 10.2. The van der Waals surface area contributed by atoms with Gasteiger partial charge in [0.25, 0.3) is 5.89 Å². The molecule has 8 heteroatoms. The minimum atomic E-state index is -0.709. The smallest absolute Gasteiger partial charge is 0.419 e. The minimum Gasteiger partial charge on any atom is -0.449 e. The molecule has 0 bridgehead atoms. The van der Waals surface area contributed by atoms with Gasteiger partial charge in [-0.3, -0.25) is 4.57 Å². The fraction of sp³-hybridized carbons (Fsp3) is 0.286. The highest BCUT2D eigenvalue weighted by Gasteiger charge is 2.22. The zero-order chi connectivity index (χ0) is 15.9. The summed E-state index contributed by atoms with van der Waals surface area (Å²) in [7, 11) is 1.56. The number of oxazole rings is 1. The molecule has 0 aliphatic carbocycles. The third-order valence-corrected chi connectivity index (χ3v) is 3.21. The number of ether oxygens (including phenoxy) is 1. The summed E-state index contributed by atoms with van der Waals surface area (Å²) in [6.07, 6.45) is -0.709. The molecule has 0 fully saturated rings. The lowest BCUT2D eigenvalue weighted by Crippen LogP contribution is -2.10. The van der Waals surface area contributed by atoms with E-state index in [0.717, 1.165) is 0 Å². The van der Waals surface area contributed by atoms with Crippen LogP contribution >= 0.6 is 0 Å². The Bertz CT molecular complexity index is 905. The van der Waals surface area contributed by atoms with Crippen molar-refractivity contribution in [2.45, 2.75) is 20.0 Å². The van der Waals surface area contributed by atoms with E-state index in [1.54, 1.807) is 33.0 Å². The van der Waals surface area contributed by atoms with E-state index in [1.807, 2.05) is 0 Å². The van der Waals surface area contributed by atoms with E-state index in [2.05, 4.69) is 10.2 Å². The molecule has 0 saturated carbocycles. The lowest BCUT2D eigenvalue weighted by molar-refractivity contribution is 0.0278. The molecule has 8 nitrogen and oxygen atoms in total. The van der Waals surface area contributed by atoms with Crippen LogP contribution in [0.5, 0.6) is 0 Å². The van der Waals surface area contributed by atoms with E-state index in [1.165, 1.54) is 10.6 Å². The molecule has 1 unspecified atom stereocenters. The van der Waals surface area contributed by atoms with E-state index in [0.29, 0.717) is 11.4 Å². The van der Waals surface area contributed by atoms with Crippen LogP contribution < -0.4 is 5.76 Å². The van der Waals surface area contributed by atoms with E-state index < -0.39 is 17.8 Å². The molecule has 114 valence electrons. The second-order valence-electron chi connectivity index (χ2n) is 4.79. The molecule has 0 spiro atoms. The average molecular weight is 303 g/mol. The Balaban J connectivity index is 1.92. The Morgan fingerprint density at radius 1 is 1.32 bits per heavy atom. The standard InChI is InChI=1S/C14H13N3O5/c1-7(12-16-15-8(2)21-12)20-13(18)9-5-4-6-10-11(9)22-14(19)17(10)3/h4-7H,1-3H3. The first-order valence-corrected chi connectivity index (χ1v) is 6.57. The quantitative estimate of drug-likeness (QED) is 0.679. The van der Waals surface area contributed by atoms with Crippen LogP contribution in [0.3, 0.4) is 0 Å². The summed E-state index contributed by atoms with van der Waals surface area (Å²) in [5.74, 6) is -0.597. The fourth-order valence-electron chi connectivity index (χ4n) is 2.06. The molecule has 22 heavy (non-hydrogen) atoms. The number of aromatic nitrogens is 3. The van der Waals surface area contributed by atoms with Crippen molar-refractivity contribution in [2.75, 3.05) is 0 Å². The van der Waals surface area contributed by atoms with E-state index >= 15 is 0 Å². The number of fused-ring (bicyclic) bond motifs is 1. The minimum absolute atomic E-state index is 0.165. The van der Waals surface area contributed by atoms with Crippen LogP contribution in [0.15, 0.2) is 31.8 Å². The first kappa shape index (κ1) is 14.1. The van der Waals surface area contributed by atoms with Gasteiger partial charge >= 0.3 is 11.7 Å². The van der Waals surface area contributed by atoms with Gasteiger partial charge in [-0.15, -0.1) is 10.2 Å². The number of rotatable bonds is 3. The summed E-state index contributed by atoms with van der Waals surface area (Å²) in [5, 5.41) is 7.48. The third kappa shape index (κ3) is 2.28. The SMILES string of the molecule is Cc1nnc(C(C)OC(=O)c2cccc3c2oc(=O)n3C)o1. The van der Waals surface area contributed by atoms with E-state index in [4.69, 9.17) is 13.6 Å². The van der Waals surface area contributed by atoms with Gasteiger partial charge in [-0.25, -0.2) is 9.59 Å². The van der Waals surface area contributed by atoms with Crippen molar-refractivity contribution in [1.29, 1.82) is 0 Å². The molecule has 3 aromatic rings. The van der Waals surface area contributed by atoms with Gasteiger partial charge in [0, 0.05) is 14.0 Å². The number of carbonyl (C=O) groups excluding carboxylic acids is 1. The summed E-state index contributed by atoms with van der Waals surface area (Å²) < 4.78 is 16.9. The molecule has 3 rings (SSSR count). The molecule has 2 heterocycles. The van der Waals surface area contributed by atoms with Crippen LogP contribution in [0.1, 0.15) is 35.2 Å². The van der Waals surface area contributed by atoms with E-state index in [-0.39, 0.29) is 17.0 Å². The van der Waals surface area contributed by atoms with Crippen molar-refractivity contribution in [3.8, 4) is 0 Å². The van der Waals surface area contributed by atoms with Gasteiger partial charge in [0.1, 0.15) is 5.56 Å². The molecule has 1 aromatic carbocycles. The number of hydrogen-bond donors (Lipinski definition) is 0. The lowest BCUT2D eigenvalue weighted by Gasteiger charge is -2.09. The van der Waals surface area contributed by atoms with E-state index in [9.17, 15) is 9.59 Å². The zero-order valence-corrected chi connectivity index (χ0v) is 12.2.